The van der Waals surface area contributed by atoms with Gasteiger partial charge in [0.05, 0.1) is 27.3 Å². The van der Waals surface area contributed by atoms with Gasteiger partial charge in [0.25, 0.3) is 0 Å². The van der Waals surface area contributed by atoms with Crippen LogP contribution < -0.4 is 0 Å². The van der Waals surface area contributed by atoms with Crippen molar-refractivity contribution >= 4 is 8.41 Å². The fourth-order valence-electron chi connectivity index (χ4n) is 0.653. The van der Waals surface area contributed by atoms with Crippen LogP contribution in [0.25, 0.3) is 0 Å². The summed E-state index contributed by atoms with van der Waals surface area (Å²) in [6, 6.07) is 0. The Morgan fingerprint density at radius 1 is 1.00 bits per heavy atom. The second kappa shape index (κ2) is 5.71. The Bertz CT molecular complexity index is 70.1. The number of aliphatic hydroxyl groups is 2. The number of nitrogens with zero attached hydrogens (tertiary/aromatic N) is 1. The first kappa shape index (κ1) is 12.6. The van der Waals surface area contributed by atoms with Gasteiger partial charge in [-0.05, 0) is 0 Å². The fourth-order valence-corrected chi connectivity index (χ4v) is 0.653. The molecule has 0 unspecified atom stereocenters. The third-order valence-corrected chi connectivity index (χ3v) is 1.41. The minimum Gasteiger partial charge on any atom is -0.391 e. The number of rotatable bonds is 4. The molecule has 3 nitrogen and oxygen atoms in total. The van der Waals surface area contributed by atoms with Crippen LogP contribution >= 0.6 is 0 Å². The molecule has 0 atom stereocenters. The molecule has 0 aromatic heterocycles. The van der Waals surface area contributed by atoms with Crippen molar-refractivity contribution in [3.63, 3.8) is 0 Å². The standard InChI is InChI=1S/C6H16NO2.B/c1-7(2,3-5-8)4-6-9;/h8-9H,3-6H2,1-2H3;/q+1;. The molecule has 0 saturated carbocycles. The number of hydrogen-bond donors (Lipinski definition) is 2. The summed E-state index contributed by atoms with van der Waals surface area (Å²) in [4.78, 5) is 0. The lowest BCUT2D eigenvalue weighted by molar-refractivity contribution is -0.890. The molecule has 0 heterocycles. The van der Waals surface area contributed by atoms with Crippen LogP contribution in [0.1, 0.15) is 0 Å². The maximum atomic E-state index is 8.53. The Kier molecular flexibility index (Phi) is 7.20. The molecule has 0 amide bonds. The molecule has 0 saturated heterocycles. The molecule has 0 rings (SSSR count). The van der Waals surface area contributed by atoms with E-state index in [1.807, 2.05) is 14.1 Å². The van der Waals surface area contributed by atoms with E-state index in [2.05, 4.69) is 0 Å². The van der Waals surface area contributed by atoms with Gasteiger partial charge in [-0.2, -0.15) is 0 Å². The van der Waals surface area contributed by atoms with E-state index < -0.39 is 0 Å². The zero-order valence-electron chi connectivity index (χ0n) is 6.75. The van der Waals surface area contributed by atoms with Gasteiger partial charge in [0.15, 0.2) is 0 Å². The molecule has 59 valence electrons. The smallest absolute Gasteiger partial charge is 0.102 e. The first-order valence-corrected chi connectivity index (χ1v) is 3.16. The van der Waals surface area contributed by atoms with Crippen LogP contribution in [0.2, 0.25) is 0 Å². The van der Waals surface area contributed by atoms with Crippen molar-refractivity contribution in [2.45, 2.75) is 0 Å². The number of aliphatic hydroxyl groups excluding tert-OH is 2. The van der Waals surface area contributed by atoms with Gasteiger partial charge in [0.2, 0.25) is 0 Å². The summed E-state index contributed by atoms with van der Waals surface area (Å²) in [5.41, 5.74) is 0. The Hall–Kier alpha value is -0.0551. The van der Waals surface area contributed by atoms with E-state index in [-0.39, 0.29) is 21.6 Å². The molecule has 10 heavy (non-hydrogen) atoms. The first-order chi connectivity index (χ1) is 4.12. The van der Waals surface area contributed by atoms with Crippen LogP contribution in [0.3, 0.4) is 0 Å². The van der Waals surface area contributed by atoms with Gasteiger partial charge in [-0.25, -0.2) is 0 Å². The van der Waals surface area contributed by atoms with E-state index in [1.54, 1.807) is 0 Å². The monoisotopic (exact) mass is 145 g/mol. The van der Waals surface area contributed by atoms with Gasteiger partial charge in [0.1, 0.15) is 13.1 Å². The number of quaternary nitrogens is 1. The minimum atomic E-state index is 0. The lowest BCUT2D eigenvalue weighted by Crippen LogP contribution is -2.43. The Labute approximate surface area is 64.4 Å². The highest BCUT2D eigenvalue weighted by Gasteiger charge is 2.11. The molecule has 0 fully saturated rings. The molecule has 0 bridgehead atoms. The van der Waals surface area contributed by atoms with Crippen LogP contribution in [0.15, 0.2) is 0 Å². The van der Waals surface area contributed by atoms with Crippen molar-refractivity contribution in [3.05, 3.63) is 0 Å². The van der Waals surface area contributed by atoms with Gasteiger partial charge in [-0.3, -0.25) is 0 Å². The molecular weight excluding hydrogens is 129 g/mol. The van der Waals surface area contributed by atoms with Gasteiger partial charge in [0, 0.05) is 8.41 Å². The quantitative estimate of drug-likeness (QED) is 0.380. The van der Waals surface area contributed by atoms with E-state index in [0.29, 0.717) is 17.6 Å². The summed E-state index contributed by atoms with van der Waals surface area (Å²) >= 11 is 0. The molecule has 2 N–H and O–H groups in total. The van der Waals surface area contributed by atoms with Gasteiger partial charge in [-0.15, -0.1) is 0 Å². The van der Waals surface area contributed by atoms with Crippen molar-refractivity contribution in [1.82, 2.24) is 0 Å². The van der Waals surface area contributed by atoms with Crippen LogP contribution in [-0.4, -0.2) is 63.5 Å². The van der Waals surface area contributed by atoms with E-state index in [0.717, 1.165) is 0 Å². The molecular formula is C6H16BNO2+. The zero-order chi connectivity index (χ0) is 7.33. The second-order valence-corrected chi connectivity index (χ2v) is 2.83. The van der Waals surface area contributed by atoms with Gasteiger partial charge in [-0.1, -0.05) is 0 Å². The summed E-state index contributed by atoms with van der Waals surface area (Å²) in [7, 11) is 3.96. The highest BCUT2D eigenvalue weighted by molar-refractivity contribution is 5.75. The maximum Gasteiger partial charge on any atom is 0.102 e. The fraction of sp³-hybridized carbons (Fsp3) is 1.00. The SMILES string of the molecule is C[N+](C)(CCO)CCO.[B]. The highest BCUT2D eigenvalue weighted by Crippen LogP contribution is 1.92. The second-order valence-electron chi connectivity index (χ2n) is 2.83. The van der Waals surface area contributed by atoms with Crippen LogP contribution in [0.5, 0.6) is 0 Å². The van der Waals surface area contributed by atoms with E-state index >= 15 is 0 Å². The summed E-state index contributed by atoms with van der Waals surface area (Å²) in [5.74, 6) is 0. The molecule has 0 aliphatic rings. The highest BCUT2D eigenvalue weighted by atomic mass is 16.3. The Balaban J connectivity index is 0. The molecule has 4 heteroatoms. The zero-order valence-corrected chi connectivity index (χ0v) is 6.75. The van der Waals surface area contributed by atoms with E-state index in [1.165, 1.54) is 0 Å². The lowest BCUT2D eigenvalue weighted by Gasteiger charge is -2.27. The summed E-state index contributed by atoms with van der Waals surface area (Å²) in [6.07, 6.45) is 0. The first-order valence-electron chi connectivity index (χ1n) is 3.16. The van der Waals surface area contributed by atoms with Crippen molar-refractivity contribution < 1.29 is 14.7 Å². The third kappa shape index (κ3) is 6.07. The van der Waals surface area contributed by atoms with Crippen molar-refractivity contribution in [1.29, 1.82) is 0 Å². The molecule has 0 aliphatic heterocycles. The Morgan fingerprint density at radius 3 is 1.50 bits per heavy atom. The van der Waals surface area contributed by atoms with E-state index in [9.17, 15) is 0 Å². The molecule has 0 aromatic carbocycles. The molecule has 3 radical (unpaired) electrons. The predicted octanol–water partition coefficient (Wildman–Crippen LogP) is -1.33. The summed E-state index contributed by atoms with van der Waals surface area (Å²) in [6.45, 7) is 1.79. The van der Waals surface area contributed by atoms with Gasteiger partial charge < -0.3 is 14.7 Å². The summed E-state index contributed by atoms with van der Waals surface area (Å²) in [5, 5.41) is 17.1. The molecule has 0 aliphatic carbocycles. The van der Waals surface area contributed by atoms with Crippen LogP contribution in [0, 0.1) is 0 Å². The topological polar surface area (TPSA) is 40.5 Å². The average Bonchev–Trinajstić information content (AvgIpc) is 1.64. The number of likely N-dealkylation sites (N-methyl/N-ethyl adjacent to an activating group) is 1. The van der Waals surface area contributed by atoms with Crippen LogP contribution in [0.4, 0.5) is 0 Å². The Morgan fingerprint density at radius 2 is 1.30 bits per heavy atom. The average molecular weight is 145 g/mol. The largest absolute Gasteiger partial charge is 0.391 e. The van der Waals surface area contributed by atoms with Crippen LogP contribution in [-0.2, 0) is 0 Å². The lowest BCUT2D eigenvalue weighted by atomic mass is 10.4. The third-order valence-electron chi connectivity index (χ3n) is 1.41. The molecule has 0 aromatic rings. The summed E-state index contributed by atoms with van der Waals surface area (Å²) < 4.78 is 0.688. The molecule has 0 spiro atoms. The van der Waals surface area contributed by atoms with E-state index in [4.69, 9.17) is 10.2 Å². The van der Waals surface area contributed by atoms with Gasteiger partial charge >= 0.3 is 0 Å². The maximum absolute atomic E-state index is 8.53. The van der Waals surface area contributed by atoms with Crippen molar-refractivity contribution in [3.8, 4) is 0 Å². The predicted molar refractivity (Wildman–Crippen MR) is 41.8 cm³/mol. The normalized spacial score (nSPS) is 10.8. The van der Waals surface area contributed by atoms with Crippen molar-refractivity contribution in [2.24, 2.45) is 0 Å². The minimum absolute atomic E-state index is 0. The number of hydrogen-bond acceptors (Lipinski definition) is 2. The van der Waals surface area contributed by atoms with Crippen molar-refractivity contribution in [2.75, 3.05) is 40.4 Å².